The van der Waals surface area contributed by atoms with Crippen molar-refractivity contribution in [3.63, 3.8) is 0 Å². The maximum atomic E-state index is 13.0. The van der Waals surface area contributed by atoms with Crippen LogP contribution in [-0.2, 0) is 20.4 Å². The van der Waals surface area contributed by atoms with Crippen LogP contribution >= 0.6 is 0 Å². The molecule has 1 aliphatic rings. The van der Waals surface area contributed by atoms with Crippen LogP contribution in [-0.4, -0.2) is 59.0 Å². The van der Waals surface area contributed by atoms with E-state index in [1.807, 2.05) is 0 Å². The van der Waals surface area contributed by atoms with Gasteiger partial charge in [-0.05, 0) is 32.0 Å². The second-order valence-corrected chi connectivity index (χ2v) is 7.06. The van der Waals surface area contributed by atoms with E-state index in [4.69, 9.17) is 9.47 Å². The van der Waals surface area contributed by atoms with Gasteiger partial charge in [0.05, 0.1) is 24.0 Å². The summed E-state index contributed by atoms with van der Waals surface area (Å²) < 4.78 is 50.4. The topological polar surface area (TPSA) is 90.7 Å². The zero-order chi connectivity index (χ0) is 22.8. The van der Waals surface area contributed by atoms with Crippen LogP contribution in [0.2, 0.25) is 0 Å². The van der Waals surface area contributed by atoms with Crippen molar-refractivity contribution >= 4 is 11.9 Å². The Hall–Kier alpha value is -3.21. The SMILES string of the molecule is Cc1cc(=O)c(C(=O)OCC(=O)N2CCOC(C)C2)nn1-c1cccc(C(F)(F)F)c1. The molecule has 0 N–H and O–H groups in total. The summed E-state index contributed by atoms with van der Waals surface area (Å²) in [5.74, 6) is -1.59. The van der Waals surface area contributed by atoms with Gasteiger partial charge in [0, 0.05) is 24.8 Å². The van der Waals surface area contributed by atoms with Gasteiger partial charge in [-0.15, -0.1) is 0 Å². The zero-order valence-electron chi connectivity index (χ0n) is 16.8. The number of ether oxygens (including phenoxy) is 2. The lowest BCUT2D eigenvalue weighted by atomic mass is 10.2. The van der Waals surface area contributed by atoms with Crippen LogP contribution in [0.25, 0.3) is 5.69 Å². The van der Waals surface area contributed by atoms with Crippen LogP contribution in [0.4, 0.5) is 13.2 Å². The van der Waals surface area contributed by atoms with E-state index < -0.39 is 41.3 Å². The molecule has 1 aliphatic heterocycles. The van der Waals surface area contributed by atoms with Gasteiger partial charge in [-0.25, -0.2) is 9.48 Å². The number of hydrogen-bond donors (Lipinski definition) is 0. The highest BCUT2D eigenvalue weighted by molar-refractivity contribution is 5.89. The number of rotatable bonds is 4. The number of alkyl halides is 3. The van der Waals surface area contributed by atoms with E-state index in [1.165, 1.54) is 24.0 Å². The van der Waals surface area contributed by atoms with Crippen molar-refractivity contribution in [1.82, 2.24) is 14.7 Å². The third-order valence-electron chi connectivity index (χ3n) is 4.64. The lowest BCUT2D eigenvalue weighted by Gasteiger charge is -2.30. The van der Waals surface area contributed by atoms with Crippen molar-refractivity contribution in [2.75, 3.05) is 26.3 Å². The number of halogens is 3. The number of hydrogen-bond acceptors (Lipinski definition) is 6. The minimum Gasteiger partial charge on any atom is -0.451 e. The molecule has 3 rings (SSSR count). The van der Waals surface area contributed by atoms with Crippen LogP contribution in [0.1, 0.15) is 28.7 Å². The lowest BCUT2D eigenvalue weighted by Crippen LogP contribution is -2.46. The molecule has 1 amide bonds. The van der Waals surface area contributed by atoms with Crippen molar-refractivity contribution < 1.29 is 32.2 Å². The second-order valence-electron chi connectivity index (χ2n) is 7.06. The molecular weight excluding hydrogens is 419 g/mol. The number of carbonyl (C=O) groups excluding carboxylic acids is 2. The van der Waals surface area contributed by atoms with Crippen LogP contribution in [0.15, 0.2) is 35.1 Å². The Kier molecular flexibility index (Phi) is 6.44. The molecule has 2 aromatic rings. The number of esters is 1. The quantitative estimate of drug-likeness (QED) is 0.677. The predicted molar refractivity (Wildman–Crippen MR) is 102 cm³/mol. The first kappa shape index (κ1) is 22.5. The van der Waals surface area contributed by atoms with Gasteiger partial charge in [0.25, 0.3) is 5.91 Å². The highest BCUT2D eigenvalue weighted by atomic mass is 19.4. The lowest BCUT2D eigenvalue weighted by molar-refractivity contribution is -0.141. The molecular formula is C20H20F3N3O5. The molecule has 1 aromatic heterocycles. The normalized spacial score (nSPS) is 16.8. The van der Waals surface area contributed by atoms with Crippen molar-refractivity contribution in [1.29, 1.82) is 0 Å². The van der Waals surface area contributed by atoms with Crippen molar-refractivity contribution in [3.05, 3.63) is 57.5 Å². The molecule has 166 valence electrons. The predicted octanol–water partition coefficient (Wildman–Crippen LogP) is 1.96. The molecule has 0 bridgehead atoms. The summed E-state index contributed by atoms with van der Waals surface area (Å²) >= 11 is 0. The summed E-state index contributed by atoms with van der Waals surface area (Å²) in [6.07, 6.45) is -4.71. The molecule has 0 saturated carbocycles. The highest BCUT2D eigenvalue weighted by Crippen LogP contribution is 2.30. The van der Waals surface area contributed by atoms with E-state index in [0.29, 0.717) is 19.7 Å². The number of aromatic nitrogens is 2. The van der Waals surface area contributed by atoms with Crippen LogP contribution in [0.5, 0.6) is 0 Å². The summed E-state index contributed by atoms with van der Waals surface area (Å²) in [5.41, 5.74) is -2.07. The smallest absolute Gasteiger partial charge is 0.416 e. The highest BCUT2D eigenvalue weighted by Gasteiger charge is 2.31. The van der Waals surface area contributed by atoms with E-state index in [9.17, 15) is 27.6 Å². The van der Waals surface area contributed by atoms with E-state index in [0.717, 1.165) is 22.9 Å². The Balaban J connectivity index is 1.80. The molecule has 2 heterocycles. The maximum absolute atomic E-state index is 13.0. The molecule has 1 unspecified atom stereocenters. The molecule has 1 aromatic carbocycles. The average molecular weight is 439 g/mol. The van der Waals surface area contributed by atoms with Crippen molar-refractivity contribution in [2.24, 2.45) is 0 Å². The van der Waals surface area contributed by atoms with Gasteiger partial charge in [0.1, 0.15) is 0 Å². The van der Waals surface area contributed by atoms with Gasteiger partial charge in [0.15, 0.2) is 6.61 Å². The molecule has 31 heavy (non-hydrogen) atoms. The van der Waals surface area contributed by atoms with Gasteiger partial charge in [0.2, 0.25) is 11.1 Å². The summed E-state index contributed by atoms with van der Waals surface area (Å²) in [6.45, 7) is 3.74. The first-order valence-corrected chi connectivity index (χ1v) is 9.41. The van der Waals surface area contributed by atoms with Gasteiger partial charge in [-0.2, -0.15) is 18.3 Å². The Bertz CT molecular complexity index is 1050. The van der Waals surface area contributed by atoms with Crippen molar-refractivity contribution in [2.45, 2.75) is 26.1 Å². The Morgan fingerprint density at radius 3 is 2.71 bits per heavy atom. The summed E-state index contributed by atoms with van der Waals surface area (Å²) in [4.78, 5) is 38.3. The molecule has 0 radical (unpaired) electrons. The van der Waals surface area contributed by atoms with E-state index in [1.54, 1.807) is 6.92 Å². The van der Waals surface area contributed by atoms with Crippen LogP contribution in [0.3, 0.4) is 0 Å². The minimum absolute atomic E-state index is 0.0137. The molecule has 1 atom stereocenters. The fourth-order valence-electron chi connectivity index (χ4n) is 3.10. The summed E-state index contributed by atoms with van der Waals surface area (Å²) in [5, 5.41) is 3.89. The number of amides is 1. The third-order valence-corrected chi connectivity index (χ3v) is 4.64. The molecule has 1 fully saturated rings. The fraction of sp³-hybridized carbons (Fsp3) is 0.400. The molecule has 0 aliphatic carbocycles. The first-order chi connectivity index (χ1) is 14.6. The number of carbonyl (C=O) groups is 2. The largest absolute Gasteiger partial charge is 0.451 e. The number of benzene rings is 1. The third kappa shape index (κ3) is 5.29. The standard InChI is InChI=1S/C20H20F3N3O5/c1-12-8-16(27)18(19(29)31-11-17(28)25-6-7-30-13(2)10-25)24-26(12)15-5-3-4-14(9-15)20(21,22)23/h3-5,8-9,13H,6-7,10-11H2,1-2H3. The number of morpholine rings is 1. The molecule has 1 saturated heterocycles. The van der Waals surface area contributed by atoms with Gasteiger partial charge < -0.3 is 14.4 Å². The van der Waals surface area contributed by atoms with Crippen LogP contribution < -0.4 is 5.43 Å². The molecule has 0 spiro atoms. The zero-order valence-corrected chi connectivity index (χ0v) is 16.8. The minimum atomic E-state index is -4.57. The summed E-state index contributed by atoms with van der Waals surface area (Å²) in [7, 11) is 0. The fourth-order valence-corrected chi connectivity index (χ4v) is 3.10. The van der Waals surface area contributed by atoms with E-state index in [-0.39, 0.29) is 17.5 Å². The molecule has 11 heteroatoms. The van der Waals surface area contributed by atoms with Gasteiger partial charge in [-0.3, -0.25) is 9.59 Å². The second kappa shape index (κ2) is 8.88. The summed E-state index contributed by atoms with van der Waals surface area (Å²) in [6, 6.07) is 5.36. The molecule has 8 nitrogen and oxygen atoms in total. The number of aryl methyl sites for hydroxylation is 1. The van der Waals surface area contributed by atoms with Gasteiger partial charge >= 0.3 is 12.1 Å². The number of nitrogens with zero attached hydrogens (tertiary/aromatic N) is 3. The maximum Gasteiger partial charge on any atom is 0.416 e. The van der Waals surface area contributed by atoms with E-state index in [2.05, 4.69) is 5.10 Å². The van der Waals surface area contributed by atoms with Crippen LogP contribution in [0, 0.1) is 6.92 Å². The monoisotopic (exact) mass is 439 g/mol. The van der Waals surface area contributed by atoms with E-state index >= 15 is 0 Å². The van der Waals surface area contributed by atoms with Crippen molar-refractivity contribution in [3.8, 4) is 5.69 Å². The first-order valence-electron chi connectivity index (χ1n) is 9.41. The average Bonchev–Trinajstić information content (AvgIpc) is 2.71. The van der Waals surface area contributed by atoms with Gasteiger partial charge in [-0.1, -0.05) is 6.07 Å². The Morgan fingerprint density at radius 2 is 2.03 bits per heavy atom. The Morgan fingerprint density at radius 1 is 1.29 bits per heavy atom. The Labute approximate surface area is 175 Å².